The van der Waals surface area contributed by atoms with E-state index in [4.69, 9.17) is 29.4 Å². The molecule has 1 aliphatic heterocycles. The van der Waals surface area contributed by atoms with Gasteiger partial charge in [-0.15, -0.1) is 0 Å². The summed E-state index contributed by atoms with van der Waals surface area (Å²) in [6, 6.07) is 6.23. The number of ether oxygens (including phenoxy) is 5. The molecule has 5 atom stereocenters. The molecule has 1 saturated heterocycles. The lowest BCUT2D eigenvalue weighted by molar-refractivity contribution is -0.329. The van der Waals surface area contributed by atoms with E-state index in [0.717, 1.165) is 20.8 Å². The number of nitrogens with one attached hydrogen (secondary N) is 1. The third-order valence-corrected chi connectivity index (χ3v) is 4.28. The minimum Gasteiger partial charge on any atom is -0.494 e. The summed E-state index contributed by atoms with van der Waals surface area (Å²) >= 11 is 0. The lowest BCUT2D eigenvalue weighted by Gasteiger charge is -2.48. The zero-order valence-electron chi connectivity index (χ0n) is 18.0. The molecule has 1 amide bonds. The summed E-state index contributed by atoms with van der Waals surface area (Å²) in [5.74, 6) is -5.77. The Kier molecular flexibility index (Phi) is 8.00. The van der Waals surface area contributed by atoms with E-state index in [-0.39, 0.29) is 5.69 Å². The summed E-state index contributed by atoms with van der Waals surface area (Å²) < 4.78 is 26.2. The Balaban J connectivity index is 2.51. The zero-order valence-corrected chi connectivity index (χ0v) is 18.0. The van der Waals surface area contributed by atoms with Crippen LogP contribution >= 0.6 is 0 Å². The molecule has 12 heteroatoms. The van der Waals surface area contributed by atoms with E-state index in [2.05, 4.69) is 5.32 Å². The van der Waals surface area contributed by atoms with Crippen molar-refractivity contribution in [3.63, 3.8) is 0 Å². The van der Waals surface area contributed by atoms with E-state index in [0.29, 0.717) is 12.4 Å². The van der Waals surface area contributed by atoms with Gasteiger partial charge in [-0.1, -0.05) is 0 Å². The predicted molar refractivity (Wildman–Crippen MR) is 107 cm³/mol. The molecule has 0 saturated carbocycles. The summed E-state index contributed by atoms with van der Waals surface area (Å²) in [6.45, 7) is 5.39. The Morgan fingerprint density at radius 1 is 1.00 bits per heavy atom. The molecule has 176 valence electrons. The van der Waals surface area contributed by atoms with Gasteiger partial charge in [-0.2, -0.15) is 0 Å². The van der Waals surface area contributed by atoms with Crippen LogP contribution in [0.15, 0.2) is 24.3 Å². The van der Waals surface area contributed by atoms with Gasteiger partial charge in [-0.25, -0.2) is 0 Å². The first kappa shape index (κ1) is 24.9. The van der Waals surface area contributed by atoms with E-state index in [9.17, 15) is 24.3 Å². The highest BCUT2D eigenvalue weighted by molar-refractivity contribution is 5.81. The maximum absolute atomic E-state index is 12.1. The van der Waals surface area contributed by atoms with Gasteiger partial charge in [0.25, 0.3) is 11.8 Å². The quantitative estimate of drug-likeness (QED) is 0.270. The van der Waals surface area contributed by atoms with E-state index in [1.54, 1.807) is 12.1 Å². The Morgan fingerprint density at radius 2 is 1.53 bits per heavy atom. The highest BCUT2D eigenvalue weighted by atomic mass is 16.7. The second kappa shape index (κ2) is 10.3. The molecule has 4 N–H and O–H groups in total. The van der Waals surface area contributed by atoms with Crippen LogP contribution in [0, 0.1) is 0 Å². The average Bonchev–Trinajstić information content (AvgIpc) is 2.67. The summed E-state index contributed by atoms with van der Waals surface area (Å²) in [5.41, 5.74) is 5.65. The van der Waals surface area contributed by atoms with Gasteiger partial charge in [0.05, 0.1) is 6.61 Å². The molecule has 0 spiro atoms. The molecule has 1 aromatic rings. The molecule has 0 radical (unpaired) electrons. The van der Waals surface area contributed by atoms with Gasteiger partial charge in [0.1, 0.15) is 5.75 Å². The Morgan fingerprint density at radius 3 is 2.00 bits per heavy atom. The summed E-state index contributed by atoms with van der Waals surface area (Å²) in [5, 5.41) is 13.9. The molecular formula is C20H26N2O10. The molecule has 32 heavy (non-hydrogen) atoms. The van der Waals surface area contributed by atoms with Gasteiger partial charge < -0.3 is 39.8 Å². The number of carbonyl (C=O) groups is 4. The van der Waals surface area contributed by atoms with Crippen molar-refractivity contribution in [3.05, 3.63) is 24.3 Å². The molecule has 1 aliphatic rings. The lowest BCUT2D eigenvalue weighted by Crippen LogP contribution is -2.71. The van der Waals surface area contributed by atoms with Gasteiger partial charge in [0, 0.05) is 26.5 Å². The topological polar surface area (TPSA) is 173 Å². The molecule has 12 nitrogen and oxygen atoms in total. The molecule has 0 aromatic heterocycles. The molecule has 2 rings (SSSR count). The third kappa shape index (κ3) is 6.08. The van der Waals surface area contributed by atoms with Crippen molar-refractivity contribution in [2.24, 2.45) is 5.73 Å². The number of rotatable bonds is 8. The standard InChI is InChI=1S/C20H26N2O10/c1-5-28-14-8-6-13(7-9-14)22-20(27)18(31-12(4)25)16(30-11(3)24)15(29-10(2)23)17(32-20)19(21)26/h6-9,15-18,22,27H,5H2,1-4H3,(H2,21,26)/t15-,16-,17-,18+,20?/m0/s1. The highest BCUT2D eigenvalue weighted by Crippen LogP contribution is 2.35. The van der Waals surface area contributed by atoms with Crippen LogP contribution in [0.3, 0.4) is 0 Å². The number of hydrogen-bond donors (Lipinski definition) is 3. The first-order valence-corrected chi connectivity index (χ1v) is 9.69. The fourth-order valence-corrected chi connectivity index (χ4v) is 3.19. The first-order chi connectivity index (χ1) is 15.0. The Labute approximate surface area is 183 Å². The normalized spacial score (nSPS) is 27.0. The average molecular weight is 454 g/mol. The maximum Gasteiger partial charge on any atom is 0.303 e. The first-order valence-electron chi connectivity index (χ1n) is 9.69. The molecule has 0 bridgehead atoms. The van der Waals surface area contributed by atoms with Crippen molar-refractivity contribution in [3.8, 4) is 5.75 Å². The number of esters is 3. The maximum atomic E-state index is 12.1. The summed E-state index contributed by atoms with van der Waals surface area (Å²) in [4.78, 5) is 47.2. The second-order valence-electron chi connectivity index (χ2n) is 6.90. The second-order valence-corrected chi connectivity index (χ2v) is 6.90. The monoisotopic (exact) mass is 454 g/mol. The van der Waals surface area contributed by atoms with Crippen molar-refractivity contribution in [2.45, 2.75) is 58.0 Å². The fourth-order valence-electron chi connectivity index (χ4n) is 3.19. The van der Waals surface area contributed by atoms with Gasteiger partial charge in [-0.3, -0.25) is 19.2 Å². The third-order valence-electron chi connectivity index (χ3n) is 4.28. The van der Waals surface area contributed by atoms with Crippen LogP contribution in [0.2, 0.25) is 0 Å². The molecule has 0 aliphatic carbocycles. The summed E-state index contributed by atoms with van der Waals surface area (Å²) in [7, 11) is 0. The minimum atomic E-state index is -2.60. The van der Waals surface area contributed by atoms with Crippen molar-refractivity contribution >= 4 is 29.5 Å². The molecule has 1 heterocycles. The van der Waals surface area contributed by atoms with Gasteiger partial charge in [0.15, 0.2) is 18.3 Å². The molecule has 1 aromatic carbocycles. The summed E-state index contributed by atoms with van der Waals surface area (Å²) in [6.07, 6.45) is -6.74. The molecule has 1 fully saturated rings. The lowest BCUT2D eigenvalue weighted by atomic mass is 9.94. The fraction of sp³-hybridized carbons (Fsp3) is 0.500. The van der Waals surface area contributed by atoms with Crippen LogP contribution in [0.25, 0.3) is 0 Å². The number of benzene rings is 1. The number of carbonyl (C=O) groups excluding carboxylic acids is 4. The van der Waals surface area contributed by atoms with Gasteiger partial charge >= 0.3 is 17.9 Å². The smallest absolute Gasteiger partial charge is 0.303 e. The molecular weight excluding hydrogens is 428 g/mol. The van der Waals surface area contributed by atoms with Gasteiger partial charge in [-0.05, 0) is 31.2 Å². The number of primary amides is 1. The van der Waals surface area contributed by atoms with Crippen molar-refractivity contribution in [1.29, 1.82) is 0 Å². The van der Waals surface area contributed by atoms with Crippen LogP contribution < -0.4 is 15.8 Å². The Bertz CT molecular complexity index is 858. The van der Waals surface area contributed by atoms with Crippen molar-refractivity contribution in [1.82, 2.24) is 0 Å². The van der Waals surface area contributed by atoms with Crippen molar-refractivity contribution in [2.75, 3.05) is 11.9 Å². The van der Waals surface area contributed by atoms with E-state index >= 15 is 0 Å². The van der Waals surface area contributed by atoms with Gasteiger partial charge in [0.2, 0.25) is 6.10 Å². The van der Waals surface area contributed by atoms with E-state index < -0.39 is 54.1 Å². The van der Waals surface area contributed by atoms with E-state index in [1.807, 2.05) is 6.92 Å². The van der Waals surface area contributed by atoms with Crippen LogP contribution in [0.4, 0.5) is 5.69 Å². The number of anilines is 1. The number of amides is 1. The largest absolute Gasteiger partial charge is 0.494 e. The minimum absolute atomic E-state index is 0.267. The highest BCUT2D eigenvalue weighted by Gasteiger charge is 2.61. The number of hydrogen-bond acceptors (Lipinski definition) is 11. The number of nitrogens with two attached hydrogens (primary N) is 1. The van der Waals surface area contributed by atoms with Crippen LogP contribution in [0.1, 0.15) is 27.7 Å². The number of aliphatic hydroxyl groups is 1. The SMILES string of the molecule is CCOc1ccc(NC2(O)O[C@H](C(N)=O)[C@@H](OC(C)=O)[C@H](OC(C)=O)[C@H]2OC(C)=O)cc1. The van der Waals surface area contributed by atoms with Crippen molar-refractivity contribution < 1.29 is 48.0 Å². The Hall–Kier alpha value is -3.38. The molecule has 1 unspecified atom stereocenters. The van der Waals surface area contributed by atoms with Crippen LogP contribution in [-0.4, -0.2) is 65.9 Å². The van der Waals surface area contributed by atoms with Crippen LogP contribution in [0.5, 0.6) is 5.75 Å². The van der Waals surface area contributed by atoms with E-state index in [1.165, 1.54) is 12.1 Å². The van der Waals surface area contributed by atoms with Crippen LogP contribution in [-0.2, 0) is 38.1 Å². The predicted octanol–water partition coefficient (Wildman–Crippen LogP) is -0.177. The zero-order chi connectivity index (χ0) is 24.1.